The van der Waals surface area contributed by atoms with Gasteiger partial charge in [-0.1, -0.05) is 51.8 Å². The number of benzene rings is 1. The first-order chi connectivity index (χ1) is 6.24. The van der Waals surface area contributed by atoms with Crippen LogP contribution in [0.25, 0.3) is 5.57 Å². The van der Waals surface area contributed by atoms with Crippen LogP contribution in [0.1, 0.15) is 24.5 Å². The van der Waals surface area contributed by atoms with Gasteiger partial charge in [-0.15, -0.1) is 0 Å². The smallest absolute Gasteiger partial charge is 0.00661 e. The summed E-state index contributed by atoms with van der Waals surface area (Å²) in [5, 5.41) is 1.04. The Balaban J connectivity index is 2.77. The van der Waals surface area contributed by atoms with E-state index in [-0.39, 0.29) is 0 Å². The second-order valence-electron chi connectivity index (χ2n) is 3.23. The Hall–Kier alpha value is -0.560. The van der Waals surface area contributed by atoms with Gasteiger partial charge in [0.05, 0.1) is 0 Å². The van der Waals surface area contributed by atoms with Gasteiger partial charge < -0.3 is 0 Å². The van der Waals surface area contributed by atoms with Crippen LogP contribution in [-0.2, 0) is 0 Å². The maximum Gasteiger partial charge on any atom is 0.00661 e. The quantitative estimate of drug-likeness (QED) is 0.694. The van der Waals surface area contributed by atoms with Gasteiger partial charge in [0.2, 0.25) is 0 Å². The van der Waals surface area contributed by atoms with E-state index >= 15 is 0 Å². The number of aryl methyl sites for hydroxylation is 1. The van der Waals surface area contributed by atoms with Crippen molar-refractivity contribution in [1.29, 1.82) is 0 Å². The van der Waals surface area contributed by atoms with Crippen LogP contribution in [0, 0.1) is 6.92 Å². The lowest BCUT2D eigenvalue weighted by molar-refractivity contribution is 1.25. The summed E-state index contributed by atoms with van der Waals surface area (Å²) in [6, 6.07) is 8.66. The van der Waals surface area contributed by atoms with Gasteiger partial charge in [-0.3, -0.25) is 0 Å². The highest BCUT2D eigenvalue weighted by molar-refractivity contribution is 9.09. The number of allylic oxidation sites excluding steroid dienone is 2. The highest BCUT2D eigenvalue weighted by Gasteiger charge is 1.93. The van der Waals surface area contributed by atoms with Crippen molar-refractivity contribution in [3.8, 4) is 0 Å². The summed E-state index contributed by atoms with van der Waals surface area (Å²) in [5.41, 5.74) is 4.00. The molecule has 0 radical (unpaired) electrons. The highest BCUT2D eigenvalue weighted by Crippen LogP contribution is 2.15. The molecule has 0 fully saturated rings. The van der Waals surface area contributed by atoms with E-state index in [1.807, 2.05) is 0 Å². The van der Waals surface area contributed by atoms with E-state index in [9.17, 15) is 0 Å². The predicted molar refractivity (Wildman–Crippen MR) is 63.2 cm³/mol. The summed E-state index contributed by atoms with van der Waals surface area (Å²) in [5.74, 6) is 0. The molecular formula is C12H15Br. The normalized spacial score (nSPS) is 11.8. The van der Waals surface area contributed by atoms with Crippen LogP contribution in [-0.4, -0.2) is 5.33 Å². The molecule has 1 aromatic carbocycles. The van der Waals surface area contributed by atoms with Gasteiger partial charge in [0.25, 0.3) is 0 Å². The number of alkyl halides is 1. The fraction of sp³-hybridized carbons (Fsp3) is 0.333. The molecule has 0 aliphatic heterocycles. The first-order valence-corrected chi connectivity index (χ1v) is 5.66. The zero-order valence-corrected chi connectivity index (χ0v) is 9.76. The monoisotopic (exact) mass is 238 g/mol. The molecule has 0 N–H and O–H groups in total. The van der Waals surface area contributed by atoms with E-state index < -0.39 is 0 Å². The zero-order valence-electron chi connectivity index (χ0n) is 8.18. The molecule has 0 aliphatic carbocycles. The van der Waals surface area contributed by atoms with Crippen molar-refractivity contribution in [2.24, 2.45) is 0 Å². The molecule has 0 aliphatic rings. The van der Waals surface area contributed by atoms with Crippen LogP contribution in [0.3, 0.4) is 0 Å². The fourth-order valence-electron chi connectivity index (χ4n) is 1.21. The first kappa shape index (κ1) is 10.5. The molecule has 0 saturated carbocycles. The standard InChI is InChI=1S/C12H15Br/c1-10-5-7-12(8-6-10)11(2)4-3-9-13/h4-8H,3,9H2,1-2H3/b11-4-. The van der Waals surface area contributed by atoms with Gasteiger partial charge in [-0.05, 0) is 31.4 Å². The van der Waals surface area contributed by atoms with Crippen molar-refractivity contribution in [3.05, 3.63) is 41.5 Å². The Morgan fingerprint density at radius 3 is 2.46 bits per heavy atom. The summed E-state index contributed by atoms with van der Waals surface area (Å²) in [6.45, 7) is 4.27. The second kappa shape index (κ2) is 5.23. The topological polar surface area (TPSA) is 0 Å². The van der Waals surface area contributed by atoms with Gasteiger partial charge in [-0.25, -0.2) is 0 Å². The minimum Gasteiger partial charge on any atom is -0.0925 e. The van der Waals surface area contributed by atoms with Crippen molar-refractivity contribution in [3.63, 3.8) is 0 Å². The molecule has 0 spiro atoms. The van der Waals surface area contributed by atoms with Gasteiger partial charge in [0, 0.05) is 5.33 Å². The Kier molecular flexibility index (Phi) is 4.23. The van der Waals surface area contributed by atoms with E-state index in [2.05, 4.69) is 60.1 Å². The van der Waals surface area contributed by atoms with Crippen molar-refractivity contribution >= 4 is 21.5 Å². The lowest BCUT2D eigenvalue weighted by Gasteiger charge is -2.01. The van der Waals surface area contributed by atoms with E-state index in [1.165, 1.54) is 16.7 Å². The highest BCUT2D eigenvalue weighted by atomic mass is 79.9. The lowest BCUT2D eigenvalue weighted by Crippen LogP contribution is -1.80. The minimum absolute atomic E-state index is 1.04. The molecular weight excluding hydrogens is 224 g/mol. The number of hydrogen-bond donors (Lipinski definition) is 0. The van der Waals surface area contributed by atoms with E-state index in [1.54, 1.807) is 0 Å². The van der Waals surface area contributed by atoms with Crippen molar-refractivity contribution in [2.45, 2.75) is 20.3 Å². The molecule has 1 rings (SSSR count). The lowest BCUT2D eigenvalue weighted by atomic mass is 10.1. The Morgan fingerprint density at radius 1 is 1.31 bits per heavy atom. The summed E-state index contributed by atoms with van der Waals surface area (Å²) in [4.78, 5) is 0. The SMILES string of the molecule is C/C(=C/CCBr)c1ccc(C)cc1. The van der Waals surface area contributed by atoms with Gasteiger partial charge >= 0.3 is 0 Å². The summed E-state index contributed by atoms with van der Waals surface area (Å²) < 4.78 is 0. The average molecular weight is 239 g/mol. The first-order valence-electron chi connectivity index (χ1n) is 4.54. The summed E-state index contributed by atoms with van der Waals surface area (Å²) in [7, 11) is 0. The molecule has 0 saturated heterocycles. The average Bonchev–Trinajstić information content (AvgIpc) is 2.15. The minimum atomic E-state index is 1.04. The Morgan fingerprint density at radius 2 is 1.92 bits per heavy atom. The fourth-order valence-corrected chi connectivity index (χ4v) is 1.43. The van der Waals surface area contributed by atoms with Gasteiger partial charge in [0.15, 0.2) is 0 Å². The van der Waals surface area contributed by atoms with Crippen LogP contribution in [0.4, 0.5) is 0 Å². The molecule has 70 valence electrons. The molecule has 0 amide bonds. The third-order valence-electron chi connectivity index (χ3n) is 2.07. The van der Waals surface area contributed by atoms with Crippen LogP contribution in [0.2, 0.25) is 0 Å². The molecule has 0 atom stereocenters. The number of halogens is 1. The van der Waals surface area contributed by atoms with Crippen LogP contribution >= 0.6 is 15.9 Å². The molecule has 1 aromatic rings. The van der Waals surface area contributed by atoms with Gasteiger partial charge in [0.1, 0.15) is 0 Å². The number of hydrogen-bond acceptors (Lipinski definition) is 0. The molecule has 0 nitrogen and oxygen atoms in total. The van der Waals surface area contributed by atoms with E-state index in [0.717, 1.165) is 11.8 Å². The molecule has 13 heavy (non-hydrogen) atoms. The summed E-state index contributed by atoms with van der Waals surface area (Å²) >= 11 is 3.42. The summed E-state index contributed by atoms with van der Waals surface area (Å²) in [6.07, 6.45) is 3.36. The van der Waals surface area contributed by atoms with Crippen LogP contribution in [0.15, 0.2) is 30.3 Å². The van der Waals surface area contributed by atoms with E-state index in [4.69, 9.17) is 0 Å². The second-order valence-corrected chi connectivity index (χ2v) is 4.02. The zero-order chi connectivity index (χ0) is 9.68. The molecule has 1 heteroatoms. The third-order valence-corrected chi connectivity index (χ3v) is 2.52. The van der Waals surface area contributed by atoms with Crippen molar-refractivity contribution in [2.75, 3.05) is 5.33 Å². The van der Waals surface area contributed by atoms with Crippen LogP contribution in [0.5, 0.6) is 0 Å². The van der Waals surface area contributed by atoms with Gasteiger partial charge in [-0.2, -0.15) is 0 Å². The van der Waals surface area contributed by atoms with Crippen LogP contribution < -0.4 is 0 Å². The Labute approximate surface area is 88.8 Å². The number of rotatable bonds is 3. The molecule has 0 heterocycles. The van der Waals surface area contributed by atoms with Crippen molar-refractivity contribution in [1.82, 2.24) is 0 Å². The Bertz CT molecular complexity index is 282. The van der Waals surface area contributed by atoms with E-state index in [0.29, 0.717) is 0 Å². The molecule has 0 bridgehead atoms. The third kappa shape index (κ3) is 3.35. The maximum atomic E-state index is 3.42. The maximum absolute atomic E-state index is 3.42. The largest absolute Gasteiger partial charge is 0.0925 e. The predicted octanol–water partition coefficient (Wildman–Crippen LogP) is 4.18. The molecule has 0 unspecified atom stereocenters. The van der Waals surface area contributed by atoms with Crippen molar-refractivity contribution < 1.29 is 0 Å². The molecule has 0 aromatic heterocycles.